The quantitative estimate of drug-likeness (QED) is 0.728. The largest absolute Gasteiger partial charge is 0.369 e. The Kier molecular flexibility index (Phi) is 3.71. The lowest BCUT2D eigenvalue weighted by Gasteiger charge is -2.24. The second-order valence-corrected chi connectivity index (χ2v) is 3.72. The fourth-order valence-electron chi connectivity index (χ4n) is 1.80. The number of ether oxygens (including phenoxy) is 1. The van der Waals surface area contributed by atoms with E-state index < -0.39 is 0 Å². The molecule has 1 aromatic heterocycles. The van der Waals surface area contributed by atoms with Gasteiger partial charge in [-0.25, -0.2) is 4.98 Å². The van der Waals surface area contributed by atoms with E-state index in [2.05, 4.69) is 14.9 Å². The number of aromatic nitrogens is 2. The summed E-state index contributed by atoms with van der Waals surface area (Å²) in [6.07, 6.45) is 4.85. The highest BCUT2D eigenvalue weighted by molar-refractivity contribution is 5.04. The fraction of sp³-hybridized carbons (Fsp3) is 0.700. The predicted molar refractivity (Wildman–Crippen MR) is 57.5 cm³/mol. The molecule has 0 bridgehead atoms. The van der Waals surface area contributed by atoms with E-state index in [4.69, 9.17) is 10.5 Å². The SMILES string of the molecule is NCCCn1cncc1C1CNCCO1. The average Bonchev–Trinajstić information content (AvgIpc) is 2.75. The van der Waals surface area contributed by atoms with Gasteiger partial charge in [-0.2, -0.15) is 0 Å². The first-order valence-electron chi connectivity index (χ1n) is 5.44. The molecule has 0 radical (unpaired) electrons. The Morgan fingerprint density at radius 1 is 1.67 bits per heavy atom. The third kappa shape index (κ3) is 2.56. The maximum Gasteiger partial charge on any atom is 0.111 e. The van der Waals surface area contributed by atoms with Gasteiger partial charge >= 0.3 is 0 Å². The molecule has 0 aliphatic carbocycles. The number of rotatable bonds is 4. The van der Waals surface area contributed by atoms with Gasteiger partial charge in [-0.1, -0.05) is 0 Å². The van der Waals surface area contributed by atoms with Crippen molar-refractivity contribution in [1.82, 2.24) is 14.9 Å². The Morgan fingerprint density at radius 2 is 2.60 bits per heavy atom. The molecule has 15 heavy (non-hydrogen) atoms. The van der Waals surface area contributed by atoms with Crippen molar-refractivity contribution < 1.29 is 4.74 Å². The molecule has 1 aromatic rings. The van der Waals surface area contributed by atoms with E-state index in [0.717, 1.165) is 38.4 Å². The Bertz CT molecular complexity index is 293. The molecule has 5 nitrogen and oxygen atoms in total. The molecule has 3 N–H and O–H groups in total. The summed E-state index contributed by atoms with van der Waals surface area (Å²) in [5.41, 5.74) is 6.65. The Hall–Kier alpha value is -0.910. The van der Waals surface area contributed by atoms with Crippen LogP contribution in [0.3, 0.4) is 0 Å². The number of nitrogens with zero attached hydrogens (tertiary/aromatic N) is 2. The molecule has 5 heteroatoms. The number of aryl methyl sites for hydroxylation is 1. The molecule has 0 saturated carbocycles. The van der Waals surface area contributed by atoms with Gasteiger partial charge in [0.25, 0.3) is 0 Å². The molecule has 1 saturated heterocycles. The molecule has 2 rings (SSSR count). The second-order valence-electron chi connectivity index (χ2n) is 3.72. The van der Waals surface area contributed by atoms with Crippen LogP contribution in [0.2, 0.25) is 0 Å². The zero-order valence-corrected chi connectivity index (χ0v) is 8.85. The van der Waals surface area contributed by atoms with Crippen molar-refractivity contribution in [2.75, 3.05) is 26.2 Å². The highest BCUT2D eigenvalue weighted by atomic mass is 16.5. The Balaban J connectivity index is 2.02. The van der Waals surface area contributed by atoms with Crippen molar-refractivity contribution in [2.45, 2.75) is 19.1 Å². The predicted octanol–water partition coefficient (Wildman–Crippen LogP) is -0.107. The molecule has 1 unspecified atom stereocenters. The van der Waals surface area contributed by atoms with E-state index in [-0.39, 0.29) is 6.10 Å². The molecule has 0 spiro atoms. The van der Waals surface area contributed by atoms with E-state index >= 15 is 0 Å². The van der Waals surface area contributed by atoms with Crippen molar-refractivity contribution in [3.05, 3.63) is 18.2 Å². The Labute approximate surface area is 89.6 Å². The third-order valence-electron chi connectivity index (χ3n) is 2.61. The number of imidazole rings is 1. The maximum atomic E-state index is 5.69. The smallest absolute Gasteiger partial charge is 0.111 e. The summed E-state index contributed by atoms with van der Waals surface area (Å²) >= 11 is 0. The van der Waals surface area contributed by atoms with Crippen LogP contribution in [0.15, 0.2) is 12.5 Å². The van der Waals surface area contributed by atoms with Gasteiger partial charge in [0, 0.05) is 19.6 Å². The molecular weight excluding hydrogens is 192 g/mol. The first-order valence-corrected chi connectivity index (χ1v) is 5.44. The van der Waals surface area contributed by atoms with Gasteiger partial charge in [-0.15, -0.1) is 0 Å². The van der Waals surface area contributed by atoms with Crippen LogP contribution in [-0.4, -0.2) is 35.8 Å². The van der Waals surface area contributed by atoms with Gasteiger partial charge in [0.15, 0.2) is 0 Å². The summed E-state index contributed by atoms with van der Waals surface area (Å²) in [6, 6.07) is 0. The van der Waals surface area contributed by atoms with Crippen LogP contribution in [0.25, 0.3) is 0 Å². The molecular formula is C10H18N4O. The fourth-order valence-corrected chi connectivity index (χ4v) is 1.80. The summed E-state index contributed by atoms with van der Waals surface area (Å²) in [5, 5.41) is 3.32. The molecule has 2 heterocycles. The van der Waals surface area contributed by atoms with Gasteiger partial charge in [-0.05, 0) is 13.0 Å². The van der Waals surface area contributed by atoms with Crippen molar-refractivity contribution in [2.24, 2.45) is 5.73 Å². The first kappa shape index (κ1) is 10.6. The maximum absolute atomic E-state index is 5.69. The summed E-state index contributed by atoms with van der Waals surface area (Å²) in [7, 11) is 0. The van der Waals surface area contributed by atoms with Crippen LogP contribution < -0.4 is 11.1 Å². The molecule has 0 aromatic carbocycles. The van der Waals surface area contributed by atoms with Gasteiger partial charge in [0.1, 0.15) is 6.10 Å². The van der Waals surface area contributed by atoms with Crippen LogP contribution >= 0.6 is 0 Å². The normalized spacial score (nSPS) is 21.8. The van der Waals surface area contributed by atoms with Crippen molar-refractivity contribution >= 4 is 0 Å². The summed E-state index contributed by atoms with van der Waals surface area (Å²) in [4.78, 5) is 4.16. The first-order chi connectivity index (χ1) is 7.42. The van der Waals surface area contributed by atoms with E-state index in [1.807, 2.05) is 12.5 Å². The van der Waals surface area contributed by atoms with Crippen molar-refractivity contribution in [3.63, 3.8) is 0 Å². The van der Waals surface area contributed by atoms with E-state index in [1.165, 1.54) is 0 Å². The number of hydrogen-bond acceptors (Lipinski definition) is 4. The van der Waals surface area contributed by atoms with Gasteiger partial charge < -0.3 is 20.4 Å². The van der Waals surface area contributed by atoms with Crippen LogP contribution in [0.1, 0.15) is 18.2 Å². The Morgan fingerprint density at radius 3 is 3.33 bits per heavy atom. The lowest BCUT2D eigenvalue weighted by molar-refractivity contribution is 0.0227. The number of hydrogen-bond donors (Lipinski definition) is 2. The highest BCUT2D eigenvalue weighted by Gasteiger charge is 2.18. The van der Waals surface area contributed by atoms with Crippen molar-refractivity contribution in [3.8, 4) is 0 Å². The average molecular weight is 210 g/mol. The van der Waals surface area contributed by atoms with E-state index in [1.54, 1.807) is 0 Å². The summed E-state index contributed by atoms with van der Waals surface area (Å²) in [6.45, 7) is 4.21. The van der Waals surface area contributed by atoms with Crippen LogP contribution in [0.4, 0.5) is 0 Å². The summed E-state index contributed by atoms with van der Waals surface area (Å²) < 4.78 is 7.82. The number of nitrogens with two attached hydrogens (primary N) is 1. The standard InChI is InChI=1S/C10H18N4O/c11-2-1-4-14-8-13-6-9(14)10-7-12-3-5-15-10/h6,8,10,12H,1-5,7,11H2. The van der Waals surface area contributed by atoms with Gasteiger partial charge in [-0.3, -0.25) is 0 Å². The zero-order chi connectivity index (χ0) is 10.5. The van der Waals surface area contributed by atoms with E-state index in [9.17, 15) is 0 Å². The highest BCUT2D eigenvalue weighted by Crippen LogP contribution is 2.18. The minimum absolute atomic E-state index is 0.138. The minimum atomic E-state index is 0.138. The monoisotopic (exact) mass is 210 g/mol. The van der Waals surface area contributed by atoms with Crippen molar-refractivity contribution in [1.29, 1.82) is 0 Å². The lowest BCUT2D eigenvalue weighted by Crippen LogP contribution is -2.34. The molecule has 84 valence electrons. The zero-order valence-electron chi connectivity index (χ0n) is 8.85. The van der Waals surface area contributed by atoms with E-state index in [0.29, 0.717) is 6.54 Å². The van der Waals surface area contributed by atoms with Gasteiger partial charge in [0.2, 0.25) is 0 Å². The number of nitrogens with one attached hydrogen (secondary N) is 1. The minimum Gasteiger partial charge on any atom is -0.369 e. The van der Waals surface area contributed by atoms with Crippen LogP contribution in [-0.2, 0) is 11.3 Å². The van der Waals surface area contributed by atoms with Gasteiger partial charge in [0.05, 0.1) is 24.8 Å². The molecule has 1 aliphatic rings. The second kappa shape index (κ2) is 5.25. The van der Waals surface area contributed by atoms with Crippen LogP contribution in [0.5, 0.6) is 0 Å². The third-order valence-corrected chi connectivity index (χ3v) is 2.61. The molecule has 1 atom stereocenters. The number of morpholine rings is 1. The topological polar surface area (TPSA) is 65.1 Å². The molecule has 0 amide bonds. The lowest BCUT2D eigenvalue weighted by atomic mass is 10.2. The molecule has 1 fully saturated rings. The summed E-state index contributed by atoms with van der Waals surface area (Å²) in [5.74, 6) is 0. The molecule has 1 aliphatic heterocycles. The van der Waals surface area contributed by atoms with Crippen LogP contribution in [0, 0.1) is 0 Å².